The molecule has 1 unspecified atom stereocenters. The Morgan fingerprint density at radius 2 is 2.25 bits per heavy atom. The summed E-state index contributed by atoms with van der Waals surface area (Å²) in [5.41, 5.74) is 0. The molecule has 0 aromatic rings. The number of rotatable bonds is 3. The first-order valence-corrected chi connectivity index (χ1v) is 6.38. The van der Waals surface area contributed by atoms with Crippen LogP contribution < -0.4 is 0 Å². The Hall–Kier alpha value is 1.04. The van der Waals surface area contributed by atoms with Crippen LogP contribution in [0.4, 0.5) is 0 Å². The van der Waals surface area contributed by atoms with Crippen molar-refractivity contribution < 1.29 is 0 Å². The second-order valence-corrected chi connectivity index (χ2v) is 6.24. The molecule has 0 aliphatic carbocycles. The van der Waals surface area contributed by atoms with Crippen molar-refractivity contribution in [1.82, 2.24) is 4.90 Å². The quantitative estimate of drug-likeness (QED) is 0.363. The molecular formula is C9H18INS. The first-order valence-electron chi connectivity index (χ1n) is 4.67. The molecule has 0 spiro atoms. The summed E-state index contributed by atoms with van der Waals surface area (Å²) in [5.74, 6) is 1.01. The van der Waals surface area contributed by atoms with Crippen LogP contribution in [0.3, 0.4) is 0 Å². The summed E-state index contributed by atoms with van der Waals surface area (Å²) in [4.78, 5) is 2.61. The normalized spacial score (nSPS) is 31.8. The molecule has 0 aromatic carbocycles. The minimum Gasteiger partial charge on any atom is -0.287 e. The van der Waals surface area contributed by atoms with E-state index in [1.54, 1.807) is 0 Å². The summed E-state index contributed by atoms with van der Waals surface area (Å²) in [5, 5.41) is 0. The Kier molecular flexibility index (Phi) is 4.18. The van der Waals surface area contributed by atoms with Gasteiger partial charge in [0, 0.05) is 6.04 Å². The van der Waals surface area contributed by atoms with Crippen LogP contribution in [0.15, 0.2) is 0 Å². The van der Waals surface area contributed by atoms with Crippen LogP contribution in [0, 0.1) is 0 Å². The number of likely N-dealkylation sites (tertiary alicyclic amines) is 1. The van der Waals surface area contributed by atoms with Crippen molar-refractivity contribution in [1.29, 1.82) is 0 Å². The maximum absolute atomic E-state index is 4.33. The van der Waals surface area contributed by atoms with Crippen LogP contribution in [0.25, 0.3) is 0 Å². The summed E-state index contributed by atoms with van der Waals surface area (Å²) < 4.78 is 0.410. The van der Waals surface area contributed by atoms with Crippen LogP contribution in [0.1, 0.15) is 33.1 Å². The van der Waals surface area contributed by atoms with Crippen molar-refractivity contribution in [2.24, 2.45) is 0 Å². The summed E-state index contributed by atoms with van der Waals surface area (Å²) in [7, 11) is 0. The van der Waals surface area contributed by atoms with Crippen molar-refractivity contribution >= 4 is 35.2 Å². The lowest BCUT2D eigenvalue weighted by Crippen LogP contribution is -2.42. The summed E-state index contributed by atoms with van der Waals surface area (Å²) in [6.45, 7) is 5.85. The predicted molar refractivity (Wildman–Crippen MR) is 66.3 cm³/mol. The highest BCUT2D eigenvalue weighted by Crippen LogP contribution is 2.40. The van der Waals surface area contributed by atoms with E-state index in [1.807, 2.05) is 0 Å². The van der Waals surface area contributed by atoms with Gasteiger partial charge < -0.3 is 0 Å². The average Bonchev–Trinajstić information content (AvgIpc) is 2.32. The second kappa shape index (κ2) is 4.51. The average molecular weight is 299 g/mol. The van der Waals surface area contributed by atoms with Crippen molar-refractivity contribution in [2.75, 3.05) is 12.3 Å². The maximum atomic E-state index is 4.33. The first kappa shape index (κ1) is 11.1. The van der Waals surface area contributed by atoms with Crippen molar-refractivity contribution in [3.63, 3.8) is 0 Å². The lowest BCUT2D eigenvalue weighted by atomic mass is 10.1. The molecule has 1 aliphatic heterocycles. The van der Waals surface area contributed by atoms with Crippen LogP contribution in [0.2, 0.25) is 0 Å². The highest BCUT2D eigenvalue weighted by Gasteiger charge is 2.38. The first-order chi connectivity index (χ1) is 5.60. The molecule has 0 N–H and O–H groups in total. The molecule has 1 aliphatic rings. The maximum Gasteiger partial charge on any atom is 0.0740 e. The molecule has 0 amide bonds. The minimum absolute atomic E-state index is 0.410. The van der Waals surface area contributed by atoms with Gasteiger partial charge in [0.2, 0.25) is 0 Å². The van der Waals surface area contributed by atoms with E-state index in [0.29, 0.717) is 9.59 Å². The van der Waals surface area contributed by atoms with E-state index in [-0.39, 0.29) is 0 Å². The molecule has 0 saturated carbocycles. The fourth-order valence-electron chi connectivity index (χ4n) is 2.03. The molecule has 1 nitrogen and oxygen atoms in total. The molecule has 1 saturated heterocycles. The number of hydrogen-bond acceptors (Lipinski definition) is 2. The zero-order valence-electron chi connectivity index (χ0n) is 7.89. The van der Waals surface area contributed by atoms with Crippen LogP contribution in [-0.2, 0) is 0 Å². The van der Waals surface area contributed by atoms with Gasteiger partial charge in [0.25, 0.3) is 0 Å². The molecule has 0 bridgehead atoms. The van der Waals surface area contributed by atoms with Crippen LogP contribution >= 0.6 is 35.2 Å². The van der Waals surface area contributed by atoms with Gasteiger partial charge >= 0.3 is 0 Å². The summed E-state index contributed by atoms with van der Waals surface area (Å²) in [6.07, 6.45) is 3.91. The number of alkyl halides is 1. The molecule has 1 heterocycles. The molecule has 3 heteroatoms. The molecular weight excluding hydrogens is 281 g/mol. The highest BCUT2D eigenvalue weighted by molar-refractivity contribution is 14.1. The van der Waals surface area contributed by atoms with Gasteiger partial charge in [-0.05, 0) is 45.4 Å². The molecule has 72 valence electrons. The Balaban J connectivity index is 2.60. The monoisotopic (exact) mass is 299 g/mol. The second-order valence-electron chi connectivity index (χ2n) is 3.78. The third-order valence-corrected chi connectivity index (χ3v) is 4.51. The highest BCUT2D eigenvalue weighted by atomic mass is 127. The van der Waals surface area contributed by atoms with Gasteiger partial charge in [0.1, 0.15) is 0 Å². The number of hydrogen-bond donors (Lipinski definition) is 1. The smallest absolute Gasteiger partial charge is 0.0740 e. The predicted octanol–water partition coefficient (Wildman–Crippen LogP) is 2.94. The molecule has 12 heavy (non-hydrogen) atoms. The molecule has 0 aromatic heterocycles. The van der Waals surface area contributed by atoms with Gasteiger partial charge in [-0.2, -0.15) is 12.6 Å². The fourth-order valence-corrected chi connectivity index (χ4v) is 4.27. The van der Waals surface area contributed by atoms with Gasteiger partial charge in [-0.25, -0.2) is 0 Å². The zero-order chi connectivity index (χ0) is 9.19. The fraction of sp³-hybridized carbons (Fsp3) is 1.00. The van der Waals surface area contributed by atoms with Crippen molar-refractivity contribution in [3.05, 3.63) is 0 Å². The number of halogens is 1. The topological polar surface area (TPSA) is 3.24 Å². The Bertz CT molecular complexity index is 151. The van der Waals surface area contributed by atoms with Gasteiger partial charge in [-0.3, -0.25) is 4.90 Å². The SMILES string of the molecule is CC(C)N1CCCC1(I)CCS. The Morgan fingerprint density at radius 1 is 1.58 bits per heavy atom. The van der Waals surface area contributed by atoms with Gasteiger partial charge in [0.15, 0.2) is 0 Å². The number of nitrogens with zero attached hydrogens (tertiary/aromatic N) is 1. The van der Waals surface area contributed by atoms with Crippen LogP contribution in [-0.4, -0.2) is 26.8 Å². The van der Waals surface area contributed by atoms with Crippen LogP contribution in [0.5, 0.6) is 0 Å². The molecule has 1 fully saturated rings. The van der Waals surface area contributed by atoms with E-state index < -0.39 is 0 Å². The molecule has 1 rings (SSSR count). The van der Waals surface area contributed by atoms with E-state index in [2.05, 4.69) is 54.0 Å². The lowest BCUT2D eigenvalue weighted by molar-refractivity contribution is 0.188. The molecule has 0 radical (unpaired) electrons. The van der Waals surface area contributed by atoms with Crippen molar-refractivity contribution in [3.8, 4) is 0 Å². The zero-order valence-corrected chi connectivity index (χ0v) is 10.9. The van der Waals surface area contributed by atoms with E-state index in [0.717, 1.165) is 5.75 Å². The molecule has 1 atom stereocenters. The van der Waals surface area contributed by atoms with E-state index in [9.17, 15) is 0 Å². The van der Waals surface area contributed by atoms with Crippen molar-refractivity contribution in [2.45, 2.75) is 42.7 Å². The largest absolute Gasteiger partial charge is 0.287 e. The Morgan fingerprint density at radius 3 is 2.75 bits per heavy atom. The third kappa shape index (κ3) is 2.29. The van der Waals surface area contributed by atoms with E-state index >= 15 is 0 Å². The van der Waals surface area contributed by atoms with E-state index in [4.69, 9.17) is 0 Å². The van der Waals surface area contributed by atoms with E-state index in [1.165, 1.54) is 25.8 Å². The van der Waals surface area contributed by atoms with Gasteiger partial charge in [-0.1, -0.05) is 22.6 Å². The standard InChI is InChI=1S/C9H18INS/c1-8(2)11-6-3-4-9(11,10)5-7-12/h8,12H,3-7H2,1-2H3. The number of thiol groups is 1. The summed E-state index contributed by atoms with van der Waals surface area (Å²) >= 11 is 6.95. The lowest BCUT2D eigenvalue weighted by Gasteiger charge is -2.36. The van der Waals surface area contributed by atoms with Gasteiger partial charge in [-0.15, -0.1) is 0 Å². The Labute approximate surface area is 94.8 Å². The summed E-state index contributed by atoms with van der Waals surface area (Å²) in [6, 6.07) is 0.685. The minimum atomic E-state index is 0.410. The van der Waals surface area contributed by atoms with Gasteiger partial charge in [0.05, 0.1) is 3.55 Å². The third-order valence-electron chi connectivity index (χ3n) is 2.59.